The van der Waals surface area contributed by atoms with Gasteiger partial charge in [0.15, 0.2) is 0 Å². The molecule has 0 saturated heterocycles. The number of carboxylic acids is 1. The van der Waals surface area contributed by atoms with E-state index in [1.165, 1.54) is 27.8 Å². The van der Waals surface area contributed by atoms with Crippen molar-refractivity contribution in [2.75, 3.05) is 7.05 Å². The summed E-state index contributed by atoms with van der Waals surface area (Å²) in [5.74, 6) is -0.687. The summed E-state index contributed by atoms with van der Waals surface area (Å²) in [6, 6.07) is 2.28. The van der Waals surface area contributed by atoms with E-state index in [0.29, 0.717) is 0 Å². The van der Waals surface area contributed by atoms with Crippen LogP contribution in [0.4, 0.5) is 0 Å². The van der Waals surface area contributed by atoms with Gasteiger partial charge in [0.05, 0.1) is 0 Å². The number of aryl methyl sites for hydroxylation is 2. The van der Waals surface area contributed by atoms with Crippen LogP contribution in [-0.2, 0) is 4.79 Å². The number of carboxylic acid groups (broad SMARTS) is 1. The van der Waals surface area contributed by atoms with E-state index >= 15 is 0 Å². The average molecular weight is 263 g/mol. The first-order valence-corrected chi connectivity index (χ1v) is 6.75. The Morgan fingerprint density at radius 3 is 2.05 bits per heavy atom. The van der Waals surface area contributed by atoms with E-state index in [-0.39, 0.29) is 18.4 Å². The first kappa shape index (κ1) is 15.7. The predicted molar refractivity (Wildman–Crippen MR) is 78.6 cm³/mol. The van der Waals surface area contributed by atoms with E-state index in [1.807, 2.05) is 14.0 Å². The van der Waals surface area contributed by atoms with Crippen molar-refractivity contribution in [1.29, 1.82) is 0 Å². The van der Waals surface area contributed by atoms with Gasteiger partial charge in [0.1, 0.15) is 0 Å². The maximum absolute atomic E-state index is 10.9. The van der Waals surface area contributed by atoms with Crippen LogP contribution in [0.25, 0.3) is 0 Å². The van der Waals surface area contributed by atoms with E-state index in [0.717, 1.165) is 0 Å². The molecule has 19 heavy (non-hydrogen) atoms. The minimum atomic E-state index is -0.743. The van der Waals surface area contributed by atoms with Gasteiger partial charge in [-0.15, -0.1) is 0 Å². The third-order valence-electron chi connectivity index (χ3n) is 4.11. The Hall–Kier alpha value is -1.35. The Kier molecular flexibility index (Phi) is 5.12. The maximum Gasteiger partial charge on any atom is 0.303 e. The van der Waals surface area contributed by atoms with Crippen molar-refractivity contribution >= 4 is 5.97 Å². The summed E-state index contributed by atoms with van der Waals surface area (Å²) < 4.78 is 0. The van der Waals surface area contributed by atoms with Gasteiger partial charge < -0.3 is 10.4 Å². The Morgan fingerprint density at radius 2 is 1.68 bits per heavy atom. The zero-order valence-electron chi connectivity index (χ0n) is 12.8. The van der Waals surface area contributed by atoms with E-state index in [1.54, 1.807) is 0 Å². The first-order chi connectivity index (χ1) is 8.79. The topological polar surface area (TPSA) is 49.3 Å². The number of benzene rings is 1. The molecule has 0 amide bonds. The highest BCUT2D eigenvalue weighted by Gasteiger charge is 2.24. The molecule has 0 saturated carbocycles. The van der Waals surface area contributed by atoms with E-state index in [4.69, 9.17) is 5.11 Å². The quantitative estimate of drug-likeness (QED) is 0.857. The molecule has 0 fully saturated rings. The van der Waals surface area contributed by atoms with Crippen LogP contribution in [0.2, 0.25) is 0 Å². The number of hydrogen-bond donors (Lipinski definition) is 2. The molecule has 2 atom stereocenters. The second kappa shape index (κ2) is 6.20. The largest absolute Gasteiger partial charge is 0.481 e. The first-order valence-electron chi connectivity index (χ1n) is 6.75. The Bertz CT molecular complexity index is 454. The van der Waals surface area contributed by atoms with Crippen molar-refractivity contribution in [2.45, 2.75) is 47.1 Å². The fraction of sp³-hybridized carbons (Fsp3) is 0.562. The van der Waals surface area contributed by atoms with Crippen LogP contribution in [0.15, 0.2) is 6.07 Å². The minimum absolute atomic E-state index is 0.0566. The van der Waals surface area contributed by atoms with Gasteiger partial charge in [0, 0.05) is 12.5 Å². The molecular formula is C16H25NO2. The lowest BCUT2D eigenvalue weighted by atomic mass is 9.83. The minimum Gasteiger partial charge on any atom is -0.481 e. The zero-order valence-corrected chi connectivity index (χ0v) is 12.8. The lowest BCUT2D eigenvalue weighted by Crippen LogP contribution is -2.27. The van der Waals surface area contributed by atoms with Gasteiger partial charge in [-0.05, 0) is 68.5 Å². The fourth-order valence-electron chi connectivity index (χ4n) is 2.82. The van der Waals surface area contributed by atoms with E-state index in [2.05, 4.69) is 39.1 Å². The molecule has 0 spiro atoms. The van der Waals surface area contributed by atoms with Crippen LogP contribution >= 0.6 is 0 Å². The van der Waals surface area contributed by atoms with Gasteiger partial charge in [-0.2, -0.15) is 0 Å². The fourth-order valence-corrected chi connectivity index (χ4v) is 2.82. The average Bonchev–Trinajstić information content (AvgIpc) is 2.31. The molecule has 3 heteroatoms. The Morgan fingerprint density at radius 1 is 1.21 bits per heavy atom. The van der Waals surface area contributed by atoms with Gasteiger partial charge in [0.2, 0.25) is 0 Å². The summed E-state index contributed by atoms with van der Waals surface area (Å²) in [6.45, 7) is 10.5. The van der Waals surface area contributed by atoms with Crippen LogP contribution in [-0.4, -0.2) is 18.1 Å². The third-order valence-corrected chi connectivity index (χ3v) is 4.11. The molecule has 1 aromatic rings. The molecule has 3 nitrogen and oxygen atoms in total. The van der Waals surface area contributed by atoms with Gasteiger partial charge in [-0.1, -0.05) is 13.0 Å². The summed E-state index contributed by atoms with van der Waals surface area (Å²) in [4.78, 5) is 10.9. The van der Waals surface area contributed by atoms with Crippen molar-refractivity contribution in [2.24, 2.45) is 5.92 Å². The van der Waals surface area contributed by atoms with Crippen molar-refractivity contribution in [3.63, 3.8) is 0 Å². The van der Waals surface area contributed by atoms with Crippen LogP contribution in [0.3, 0.4) is 0 Å². The van der Waals surface area contributed by atoms with Crippen LogP contribution in [0, 0.1) is 33.6 Å². The summed E-state index contributed by atoms with van der Waals surface area (Å²) in [7, 11) is 1.90. The molecule has 0 aromatic heterocycles. The molecule has 0 bridgehead atoms. The molecule has 2 unspecified atom stereocenters. The highest BCUT2D eigenvalue weighted by molar-refractivity contribution is 5.67. The molecule has 1 rings (SSSR count). The summed E-state index contributed by atoms with van der Waals surface area (Å²) >= 11 is 0. The van der Waals surface area contributed by atoms with Crippen molar-refractivity contribution in [1.82, 2.24) is 5.32 Å². The standard InChI is InChI=1S/C16H25NO2/c1-9-7-10(2)13(5)15(12(9)4)16(17-6)11(3)8-14(18)19/h7,11,16-17H,8H2,1-6H3,(H,18,19). The maximum atomic E-state index is 10.9. The monoisotopic (exact) mass is 263 g/mol. The molecule has 0 aliphatic carbocycles. The highest BCUT2D eigenvalue weighted by Crippen LogP contribution is 2.32. The summed E-state index contributed by atoms with van der Waals surface area (Å²) in [6.07, 6.45) is 0.178. The lowest BCUT2D eigenvalue weighted by Gasteiger charge is -2.28. The normalized spacial score (nSPS) is 14.2. The summed E-state index contributed by atoms with van der Waals surface area (Å²) in [5, 5.41) is 12.3. The van der Waals surface area contributed by atoms with Crippen LogP contribution in [0.1, 0.15) is 47.2 Å². The molecule has 2 N–H and O–H groups in total. The van der Waals surface area contributed by atoms with Gasteiger partial charge in [-0.3, -0.25) is 4.79 Å². The van der Waals surface area contributed by atoms with E-state index in [9.17, 15) is 4.79 Å². The van der Waals surface area contributed by atoms with Crippen LogP contribution in [0.5, 0.6) is 0 Å². The predicted octanol–water partition coefficient (Wildman–Crippen LogP) is 3.29. The number of nitrogens with one attached hydrogen (secondary N) is 1. The Labute approximate surface area is 116 Å². The number of carbonyl (C=O) groups is 1. The second-order valence-corrected chi connectivity index (χ2v) is 5.52. The smallest absolute Gasteiger partial charge is 0.303 e. The van der Waals surface area contributed by atoms with Crippen molar-refractivity contribution < 1.29 is 9.90 Å². The van der Waals surface area contributed by atoms with Crippen LogP contribution < -0.4 is 5.32 Å². The summed E-state index contributed by atoms with van der Waals surface area (Å²) in [5.41, 5.74) is 6.31. The molecule has 0 radical (unpaired) electrons. The zero-order chi connectivity index (χ0) is 14.7. The van der Waals surface area contributed by atoms with Crippen molar-refractivity contribution in [3.05, 3.63) is 33.9 Å². The Balaban J connectivity index is 3.29. The van der Waals surface area contributed by atoms with E-state index < -0.39 is 5.97 Å². The second-order valence-electron chi connectivity index (χ2n) is 5.52. The third kappa shape index (κ3) is 3.35. The molecule has 0 heterocycles. The number of aliphatic carboxylic acids is 1. The lowest BCUT2D eigenvalue weighted by molar-refractivity contribution is -0.138. The molecule has 0 aliphatic rings. The highest BCUT2D eigenvalue weighted by atomic mass is 16.4. The number of rotatable bonds is 5. The molecule has 106 valence electrons. The molecule has 0 aliphatic heterocycles. The SMILES string of the molecule is CNC(c1c(C)c(C)cc(C)c1C)C(C)CC(=O)O. The van der Waals surface area contributed by atoms with Gasteiger partial charge >= 0.3 is 5.97 Å². The van der Waals surface area contributed by atoms with Gasteiger partial charge in [0.25, 0.3) is 0 Å². The molecule has 1 aromatic carbocycles. The van der Waals surface area contributed by atoms with Gasteiger partial charge in [-0.25, -0.2) is 0 Å². The molecular weight excluding hydrogens is 238 g/mol. The number of hydrogen-bond acceptors (Lipinski definition) is 2. The van der Waals surface area contributed by atoms with Crippen molar-refractivity contribution in [3.8, 4) is 0 Å².